The third-order valence-corrected chi connectivity index (χ3v) is 5.64. The molecule has 0 heterocycles. The SMILES string of the molecule is COc1cccc(C(C)Sc2ccccc2S(C)(=O)=O)c1. The first kappa shape index (κ1) is 15.9. The second-order valence-corrected chi connectivity index (χ2v) is 8.12. The molecule has 5 heteroatoms. The molecule has 0 aliphatic carbocycles. The Labute approximate surface area is 130 Å². The topological polar surface area (TPSA) is 43.4 Å². The van der Waals surface area contributed by atoms with Gasteiger partial charge in [-0.3, -0.25) is 0 Å². The first-order chi connectivity index (χ1) is 9.91. The second-order valence-electron chi connectivity index (χ2n) is 4.76. The van der Waals surface area contributed by atoms with E-state index in [2.05, 4.69) is 6.92 Å². The van der Waals surface area contributed by atoms with Gasteiger partial charge in [-0.15, -0.1) is 11.8 Å². The van der Waals surface area contributed by atoms with Gasteiger partial charge in [0.2, 0.25) is 0 Å². The summed E-state index contributed by atoms with van der Waals surface area (Å²) in [5, 5.41) is 0.128. The lowest BCUT2D eigenvalue weighted by atomic mass is 10.1. The van der Waals surface area contributed by atoms with E-state index in [1.807, 2.05) is 36.4 Å². The molecule has 0 fully saturated rings. The molecule has 0 spiro atoms. The van der Waals surface area contributed by atoms with E-state index in [-0.39, 0.29) is 5.25 Å². The Bertz CT molecular complexity index is 724. The van der Waals surface area contributed by atoms with E-state index in [4.69, 9.17) is 4.74 Å². The zero-order chi connectivity index (χ0) is 15.5. The molecule has 0 N–H and O–H groups in total. The summed E-state index contributed by atoms with van der Waals surface area (Å²) in [6.07, 6.45) is 1.24. The van der Waals surface area contributed by atoms with Crippen molar-refractivity contribution in [2.24, 2.45) is 0 Å². The Hall–Kier alpha value is -1.46. The summed E-state index contributed by atoms with van der Waals surface area (Å²) in [6, 6.07) is 14.9. The van der Waals surface area contributed by atoms with Crippen LogP contribution in [0.4, 0.5) is 0 Å². The minimum atomic E-state index is -3.22. The van der Waals surface area contributed by atoms with E-state index in [1.54, 1.807) is 19.2 Å². The van der Waals surface area contributed by atoms with Crippen LogP contribution in [-0.2, 0) is 9.84 Å². The number of hydrogen-bond acceptors (Lipinski definition) is 4. The third kappa shape index (κ3) is 4.02. The van der Waals surface area contributed by atoms with Crippen LogP contribution in [0.15, 0.2) is 58.3 Å². The normalized spacial score (nSPS) is 12.9. The molecule has 112 valence electrons. The fourth-order valence-corrected chi connectivity index (χ4v) is 4.37. The minimum absolute atomic E-state index is 0.128. The van der Waals surface area contributed by atoms with E-state index in [1.165, 1.54) is 18.0 Å². The molecule has 0 saturated heterocycles. The first-order valence-corrected chi connectivity index (χ1v) is 9.28. The third-order valence-electron chi connectivity index (χ3n) is 3.12. The number of sulfone groups is 1. The summed E-state index contributed by atoms with van der Waals surface area (Å²) in [4.78, 5) is 1.15. The van der Waals surface area contributed by atoms with Crippen molar-refractivity contribution in [2.75, 3.05) is 13.4 Å². The molecule has 3 nitrogen and oxygen atoms in total. The lowest BCUT2D eigenvalue weighted by Gasteiger charge is -2.14. The molecular formula is C16H18O3S2. The largest absolute Gasteiger partial charge is 0.497 e. The molecule has 1 atom stereocenters. The van der Waals surface area contributed by atoms with E-state index in [9.17, 15) is 8.42 Å². The molecule has 21 heavy (non-hydrogen) atoms. The summed E-state index contributed by atoms with van der Waals surface area (Å²) in [7, 11) is -1.58. The van der Waals surface area contributed by atoms with E-state index < -0.39 is 9.84 Å². The maximum absolute atomic E-state index is 11.8. The quantitative estimate of drug-likeness (QED) is 0.782. The number of thioether (sulfide) groups is 1. The second kappa shape index (κ2) is 6.54. The lowest BCUT2D eigenvalue weighted by molar-refractivity contribution is 0.414. The van der Waals surface area contributed by atoms with Gasteiger partial charge >= 0.3 is 0 Å². The average Bonchev–Trinajstić information content (AvgIpc) is 2.46. The molecule has 2 aromatic rings. The van der Waals surface area contributed by atoms with Crippen molar-refractivity contribution in [1.29, 1.82) is 0 Å². The minimum Gasteiger partial charge on any atom is -0.497 e. The fourth-order valence-electron chi connectivity index (χ4n) is 2.01. The molecule has 0 amide bonds. The monoisotopic (exact) mass is 322 g/mol. The molecule has 1 unspecified atom stereocenters. The van der Waals surface area contributed by atoms with Crippen LogP contribution in [0.3, 0.4) is 0 Å². The summed E-state index contributed by atoms with van der Waals surface area (Å²) in [6.45, 7) is 2.05. The molecular weight excluding hydrogens is 304 g/mol. The molecule has 0 bridgehead atoms. The van der Waals surface area contributed by atoms with Gasteiger partial charge in [-0.25, -0.2) is 8.42 Å². The van der Waals surface area contributed by atoms with Gasteiger partial charge < -0.3 is 4.74 Å². The Morgan fingerprint density at radius 2 is 1.81 bits per heavy atom. The van der Waals surface area contributed by atoms with Crippen molar-refractivity contribution in [1.82, 2.24) is 0 Å². The van der Waals surface area contributed by atoms with Crippen molar-refractivity contribution in [2.45, 2.75) is 22.0 Å². The van der Waals surface area contributed by atoms with E-state index in [0.717, 1.165) is 16.2 Å². The smallest absolute Gasteiger partial charge is 0.176 e. The summed E-state index contributed by atoms with van der Waals surface area (Å²) in [5.74, 6) is 0.802. The number of ether oxygens (including phenoxy) is 1. The number of benzene rings is 2. The van der Waals surface area contributed by atoms with E-state index in [0.29, 0.717) is 4.90 Å². The summed E-state index contributed by atoms with van der Waals surface area (Å²) in [5.41, 5.74) is 1.10. The van der Waals surface area contributed by atoms with Crippen molar-refractivity contribution >= 4 is 21.6 Å². The highest BCUT2D eigenvalue weighted by Gasteiger charge is 2.16. The van der Waals surface area contributed by atoms with Gasteiger partial charge in [0.25, 0.3) is 0 Å². The molecule has 0 radical (unpaired) electrons. The highest BCUT2D eigenvalue weighted by molar-refractivity contribution is 8.00. The fraction of sp³-hybridized carbons (Fsp3) is 0.250. The maximum Gasteiger partial charge on any atom is 0.176 e. The lowest BCUT2D eigenvalue weighted by Crippen LogP contribution is -2.00. The van der Waals surface area contributed by atoms with Crippen LogP contribution in [0, 0.1) is 0 Å². The van der Waals surface area contributed by atoms with Gasteiger partial charge in [0.15, 0.2) is 9.84 Å². The van der Waals surface area contributed by atoms with Crippen LogP contribution in [0.2, 0.25) is 0 Å². The Balaban J connectivity index is 2.30. The van der Waals surface area contributed by atoms with Gasteiger partial charge in [-0.1, -0.05) is 24.3 Å². The Morgan fingerprint density at radius 1 is 1.10 bits per heavy atom. The molecule has 2 aromatic carbocycles. The van der Waals surface area contributed by atoms with Crippen LogP contribution >= 0.6 is 11.8 Å². The highest BCUT2D eigenvalue weighted by Crippen LogP contribution is 2.38. The van der Waals surface area contributed by atoms with Crippen LogP contribution < -0.4 is 4.74 Å². The Morgan fingerprint density at radius 3 is 2.48 bits per heavy atom. The van der Waals surface area contributed by atoms with Crippen LogP contribution in [0.1, 0.15) is 17.7 Å². The highest BCUT2D eigenvalue weighted by atomic mass is 32.2. The van der Waals surface area contributed by atoms with Crippen LogP contribution in [0.25, 0.3) is 0 Å². The molecule has 0 saturated carbocycles. The predicted octanol–water partition coefficient (Wildman–Crippen LogP) is 3.95. The van der Waals surface area contributed by atoms with E-state index >= 15 is 0 Å². The zero-order valence-electron chi connectivity index (χ0n) is 12.2. The van der Waals surface area contributed by atoms with Gasteiger partial charge in [-0.05, 0) is 36.8 Å². The van der Waals surface area contributed by atoms with Gasteiger partial charge in [-0.2, -0.15) is 0 Å². The van der Waals surface area contributed by atoms with Gasteiger partial charge in [0.1, 0.15) is 5.75 Å². The van der Waals surface area contributed by atoms with Crippen molar-refractivity contribution in [3.05, 3.63) is 54.1 Å². The summed E-state index contributed by atoms with van der Waals surface area (Å²) >= 11 is 1.53. The van der Waals surface area contributed by atoms with Crippen molar-refractivity contribution in [3.8, 4) is 5.75 Å². The van der Waals surface area contributed by atoms with Crippen LogP contribution in [0.5, 0.6) is 5.75 Å². The standard InChI is InChI=1S/C16H18O3S2/c1-12(13-7-6-8-14(11-13)19-2)20-15-9-4-5-10-16(15)21(3,17)18/h4-12H,1-3H3. The van der Waals surface area contributed by atoms with Gasteiger partial charge in [0.05, 0.1) is 12.0 Å². The molecule has 0 aliphatic heterocycles. The van der Waals surface area contributed by atoms with Gasteiger partial charge in [0, 0.05) is 16.4 Å². The predicted molar refractivity (Wildman–Crippen MR) is 86.8 cm³/mol. The first-order valence-electron chi connectivity index (χ1n) is 6.51. The number of methoxy groups -OCH3 is 1. The number of hydrogen-bond donors (Lipinski definition) is 0. The zero-order valence-corrected chi connectivity index (χ0v) is 13.9. The molecule has 2 rings (SSSR count). The average molecular weight is 322 g/mol. The molecule has 0 aromatic heterocycles. The summed E-state index contributed by atoms with van der Waals surface area (Å²) < 4.78 is 28.9. The Kier molecular flexibility index (Phi) is 4.96. The van der Waals surface area contributed by atoms with Crippen molar-refractivity contribution < 1.29 is 13.2 Å². The molecule has 0 aliphatic rings. The van der Waals surface area contributed by atoms with Crippen LogP contribution in [-0.4, -0.2) is 21.8 Å². The van der Waals surface area contributed by atoms with Crippen molar-refractivity contribution in [3.63, 3.8) is 0 Å². The number of rotatable bonds is 5. The maximum atomic E-state index is 11.8.